The number of unbranched alkanes of at least 4 members (excludes halogenated alkanes) is 2. The molecule has 0 aromatic carbocycles. The molecule has 0 amide bonds. The molecule has 0 aliphatic heterocycles. The molecule has 0 spiro atoms. The van der Waals surface area contributed by atoms with Crippen LogP contribution in [-0.4, -0.2) is 16.1 Å². The van der Waals surface area contributed by atoms with Crippen molar-refractivity contribution in [2.75, 3.05) is 0 Å². The number of hydrogen-bond donors (Lipinski definition) is 1. The van der Waals surface area contributed by atoms with Gasteiger partial charge in [0, 0.05) is 0 Å². The van der Waals surface area contributed by atoms with Crippen LogP contribution in [0.15, 0.2) is 0 Å². The second-order valence-corrected chi connectivity index (χ2v) is 7.68. The van der Waals surface area contributed by atoms with E-state index in [1.54, 1.807) is 0 Å². The molecule has 0 rings (SSSR count). The van der Waals surface area contributed by atoms with Crippen molar-refractivity contribution >= 4 is 7.82 Å². The van der Waals surface area contributed by atoms with E-state index in [4.69, 9.17) is 9.05 Å². The normalized spacial score (nSPS) is 13.8. The molecule has 1 N–H and O–H groups in total. The molecule has 0 aliphatic rings. The monoisotopic (exact) mass is 294 g/mol. The number of phosphoric acid groups is 1. The average Bonchev–Trinajstić information content (AvgIpc) is 2.20. The van der Waals surface area contributed by atoms with E-state index in [1.165, 1.54) is 0 Å². The molecule has 0 unspecified atom stereocenters. The van der Waals surface area contributed by atoms with Crippen LogP contribution in [0.25, 0.3) is 0 Å². The van der Waals surface area contributed by atoms with Crippen LogP contribution in [0.5, 0.6) is 0 Å². The Bertz CT molecular complexity index is 274. The van der Waals surface area contributed by atoms with Gasteiger partial charge in [0.2, 0.25) is 0 Å². The van der Waals surface area contributed by atoms with Gasteiger partial charge in [0.15, 0.2) is 0 Å². The lowest BCUT2D eigenvalue weighted by Gasteiger charge is -2.32. The standard InChI is InChI=1S/C14H31O4P/c1-7-9-11-13(3,4)17-19(15,16)18-14(5,6)12-10-8-2/h7-12H2,1-6H3,(H,15,16). The molecule has 0 atom stereocenters. The molecule has 0 aromatic rings. The number of phosphoric ester groups is 1. The zero-order valence-electron chi connectivity index (χ0n) is 13.4. The minimum absolute atomic E-state index is 0.638. The van der Waals surface area contributed by atoms with Crippen molar-refractivity contribution in [1.29, 1.82) is 0 Å². The summed E-state index contributed by atoms with van der Waals surface area (Å²) >= 11 is 0. The second kappa shape index (κ2) is 7.78. The van der Waals surface area contributed by atoms with Gasteiger partial charge in [-0.1, -0.05) is 39.5 Å². The molecular weight excluding hydrogens is 263 g/mol. The Balaban J connectivity index is 4.49. The third-order valence-corrected chi connectivity index (χ3v) is 4.44. The first-order valence-electron chi connectivity index (χ1n) is 7.28. The van der Waals surface area contributed by atoms with E-state index in [0.717, 1.165) is 38.5 Å². The number of hydrogen-bond acceptors (Lipinski definition) is 3. The summed E-state index contributed by atoms with van der Waals surface area (Å²) in [6, 6.07) is 0. The summed E-state index contributed by atoms with van der Waals surface area (Å²) in [4.78, 5) is 9.90. The molecule has 0 radical (unpaired) electrons. The van der Waals surface area contributed by atoms with Gasteiger partial charge in [-0.05, 0) is 40.5 Å². The maximum Gasteiger partial charge on any atom is 0.473 e. The van der Waals surface area contributed by atoms with Crippen LogP contribution < -0.4 is 0 Å². The SMILES string of the molecule is CCCCC(C)(C)OP(=O)(O)OC(C)(C)CCCC. The Morgan fingerprint density at radius 3 is 1.47 bits per heavy atom. The highest BCUT2D eigenvalue weighted by atomic mass is 31.2. The maximum atomic E-state index is 12.1. The van der Waals surface area contributed by atoms with E-state index in [-0.39, 0.29) is 0 Å². The Morgan fingerprint density at radius 2 is 1.21 bits per heavy atom. The minimum atomic E-state index is -4.02. The molecule has 4 nitrogen and oxygen atoms in total. The van der Waals surface area contributed by atoms with Gasteiger partial charge in [-0.3, -0.25) is 9.05 Å². The fraction of sp³-hybridized carbons (Fsp3) is 1.00. The molecule has 5 heteroatoms. The molecule has 19 heavy (non-hydrogen) atoms. The zero-order chi connectivity index (χ0) is 15.2. The van der Waals surface area contributed by atoms with Crippen molar-refractivity contribution < 1.29 is 18.5 Å². The Labute approximate surface area is 118 Å². The van der Waals surface area contributed by atoms with Gasteiger partial charge in [0.1, 0.15) is 0 Å². The van der Waals surface area contributed by atoms with E-state index < -0.39 is 19.0 Å². The highest BCUT2D eigenvalue weighted by molar-refractivity contribution is 7.47. The van der Waals surface area contributed by atoms with Gasteiger partial charge in [-0.2, -0.15) is 0 Å². The van der Waals surface area contributed by atoms with Crippen molar-refractivity contribution in [3.63, 3.8) is 0 Å². The van der Waals surface area contributed by atoms with E-state index in [0.29, 0.717) is 0 Å². The summed E-state index contributed by atoms with van der Waals surface area (Å²) in [6.45, 7) is 11.5. The fourth-order valence-corrected chi connectivity index (χ4v) is 3.41. The third kappa shape index (κ3) is 9.61. The molecule has 0 heterocycles. The van der Waals surface area contributed by atoms with Crippen LogP contribution in [0.4, 0.5) is 0 Å². The summed E-state index contributed by atoms with van der Waals surface area (Å²) < 4.78 is 22.7. The van der Waals surface area contributed by atoms with Crippen LogP contribution in [0.1, 0.15) is 80.1 Å². The van der Waals surface area contributed by atoms with E-state index in [1.807, 2.05) is 27.7 Å². The first kappa shape index (κ1) is 19.1. The van der Waals surface area contributed by atoms with Crippen molar-refractivity contribution in [3.8, 4) is 0 Å². The van der Waals surface area contributed by atoms with Crippen LogP contribution >= 0.6 is 7.82 Å². The van der Waals surface area contributed by atoms with Crippen LogP contribution in [0.3, 0.4) is 0 Å². The smallest absolute Gasteiger partial charge is 0.302 e. The van der Waals surface area contributed by atoms with Crippen molar-refractivity contribution in [2.24, 2.45) is 0 Å². The van der Waals surface area contributed by atoms with Gasteiger partial charge in [-0.15, -0.1) is 0 Å². The molecule has 0 saturated heterocycles. The first-order valence-corrected chi connectivity index (χ1v) is 8.77. The van der Waals surface area contributed by atoms with Gasteiger partial charge in [-0.25, -0.2) is 4.57 Å². The average molecular weight is 294 g/mol. The van der Waals surface area contributed by atoms with Crippen LogP contribution in [-0.2, 0) is 13.6 Å². The summed E-state index contributed by atoms with van der Waals surface area (Å²) in [5, 5.41) is 0. The highest BCUT2D eigenvalue weighted by Crippen LogP contribution is 2.52. The lowest BCUT2D eigenvalue weighted by atomic mass is 10.0. The molecule has 0 fully saturated rings. The molecule has 116 valence electrons. The number of rotatable bonds is 10. The van der Waals surface area contributed by atoms with E-state index in [2.05, 4.69) is 13.8 Å². The largest absolute Gasteiger partial charge is 0.473 e. The van der Waals surface area contributed by atoms with Crippen molar-refractivity contribution in [1.82, 2.24) is 0 Å². The van der Waals surface area contributed by atoms with Crippen LogP contribution in [0.2, 0.25) is 0 Å². The fourth-order valence-electron chi connectivity index (χ4n) is 1.94. The molecule has 0 aromatic heterocycles. The van der Waals surface area contributed by atoms with Gasteiger partial charge < -0.3 is 4.89 Å². The molecule has 0 aliphatic carbocycles. The predicted octanol–water partition coefficient (Wildman–Crippen LogP) is 5.06. The Morgan fingerprint density at radius 1 is 0.895 bits per heavy atom. The Kier molecular flexibility index (Phi) is 7.82. The highest BCUT2D eigenvalue weighted by Gasteiger charge is 2.36. The third-order valence-electron chi connectivity index (χ3n) is 2.99. The van der Waals surface area contributed by atoms with Crippen molar-refractivity contribution in [3.05, 3.63) is 0 Å². The van der Waals surface area contributed by atoms with Gasteiger partial charge in [0.05, 0.1) is 11.2 Å². The quantitative estimate of drug-likeness (QED) is 0.572. The molecule has 0 saturated carbocycles. The van der Waals surface area contributed by atoms with Crippen molar-refractivity contribution in [2.45, 2.75) is 91.3 Å². The predicted molar refractivity (Wildman–Crippen MR) is 79.2 cm³/mol. The van der Waals surface area contributed by atoms with E-state index >= 15 is 0 Å². The maximum absolute atomic E-state index is 12.1. The summed E-state index contributed by atoms with van der Waals surface area (Å²) in [7, 11) is -4.02. The van der Waals surface area contributed by atoms with Gasteiger partial charge in [0.25, 0.3) is 0 Å². The van der Waals surface area contributed by atoms with Crippen LogP contribution in [0, 0.1) is 0 Å². The van der Waals surface area contributed by atoms with Gasteiger partial charge >= 0.3 is 7.82 Å². The van der Waals surface area contributed by atoms with E-state index in [9.17, 15) is 9.46 Å². The lowest BCUT2D eigenvalue weighted by Crippen LogP contribution is -2.28. The summed E-state index contributed by atoms with van der Waals surface area (Å²) in [5.74, 6) is 0. The lowest BCUT2D eigenvalue weighted by molar-refractivity contribution is -0.00412. The Hall–Kier alpha value is 0.110. The molecular formula is C14H31O4P. The summed E-state index contributed by atoms with van der Waals surface area (Å²) in [5.41, 5.74) is -1.28. The summed E-state index contributed by atoms with van der Waals surface area (Å²) in [6.07, 6.45) is 5.48. The minimum Gasteiger partial charge on any atom is -0.302 e. The molecule has 0 bridgehead atoms. The second-order valence-electron chi connectivity index (χ2n) is 6.38. The first-order chi connectivity index (χ1) is 8.54. The zero-order valence-corrected chi connectivity index (χ0v) is 14.3. The topological polar surface area (TPSA) is 55.8 Å².